The predicted octanol–water partition coefficient (Wildman–Crippen LogP) is 4.31. The molecule has 0 saturated heterocycles. The van der Waals surface area contributed by atoms with Crippen LogP contribution in [0, 0.1) is 0 Å². The minimum Gasteiger partial charge on any atom is -0.489 e. The molecule has 2 aromatic rings. The maximum atomic E-state index is 12.1. The molecule has 0 spiro atoms. The van der Waals surface area contributed by atoms with Crippen LogP contribution < -0.4 is 10.1 Å². The van der Waals surface area contributed by atoms with Gasteiger partial charge in [-0.2, -0.15) is 0 Å². The molecule has 0 bridgehead atoms. The average Bonchev–Trinajstić information content (AvgIpc) is 2.58. The topological polar surface area (TPSA) is 84.9 Å². The lowest BCUT2D eigenvalue weighted by Gasteiger charge is -2.23. The number of hydrogen-bond donors (Lipinski definition) is 2. The predicted molar refractivity (Wildman–Crippen MR) is 102 cm³/mol. The number of rotatable bonds is 7. The second-order valence-electron chi connectivity index (χ2n) is 7.14. The minimum atomic E-state index is -1.02. The van der Waals surface area contributed by atoms with Gasteiger partial charge in [0.25, 0.3) is 0 Å². The molecular weight excluding hydrogens is 346 g/mol. The molecule has 1 unspecified atom stereocenters. The Balaban J connectivity index is 2.10. The van der Waals surface area contributed by atoms with Gasteiger partial charge >= 0.3 is 12.1 Å². The summed E-state index contributed by atoms with van der Waals surface area (Å²) in [5.41, 5.74) is 0.990. The first kappa shape index (κ1) is 20.3. The molecule has 2 N–H and O–H groups in total. The molecule has 1 atom stereocenters. The van der Waals surface area contributed by atoms with Gasteiger partial charge in [0.15, 0.2) is 0 Å². The highest BCUT2D eigenvalue weighted by molar-refractivity contribution is 5.72. The fraction of sp³-hybridized carbons (Fsp3) is 0.333. The van der Waals surface area contributed by atoms with E-state index in [2.05, 4.69) is 5.32 Å². The van der Waals surface area contributed by atoms with E-state index in [1.165, 1.54) is 0 Å². The fourth-order valence-electron chi connectivity index (χ4n) is 2.44. The van der Waals surface area contributed by atoms with Crippen molar-refractivity contribution in [3.05, 3.63) is 65.7 Å². The Hall–Kier alpha value is -3.02. The molecule has 0 aliphatic heterocycles. The normalized spacial score (nSPS) is 12.1. The number of amides is 1. The van der Waals surface area contributed by atoms with Crippen LogP contribution in [0.5, 0.6) is 5.75 Å². The molecule has 2 rings (SSSR count). The van der Waals surface area contributed by atoms with Crippen LogP contribution in [0.3, 0.4) is 0 Å². The molecule has 0 radical (unpaired) electrons. The molecule has 27 heavy (non-hydrogen) atoms. The third-order valence-electron chi connectivity index (χ3n) is 3.58. The molecule has 0 saturated carbocycles. The molecular formula is C21H25NO5. The van der Waals surface area contributed by atoms with Gasteiger partial charge in [0.05, 0.1) is 12.5 Å². The monoisotopic (exact) mass is 371 g/mol. The van der Waals surface area contributed by atoms with Crippen molar-refractivity contribution in [1.82, 2.24) is 5.32 Å². The van der Waals surface area contributed by atoms with Gasteiger partial charge < -0.3 is 19.9 Å². The summed E-state index contributed by atoms with van der Waals surface area (Å²) in [5, 5.41) is 11.8. The van der Waals surface area contributed by atoms with E-state index in [0.717, 1.165) is 5.56 Å². The number of ether oxygens (including phenoxy) is 2. The molecule has 6 nitrogen and oxygen atoms in total. The van der Waals surface area contributed by atoms with Gasteiger partial charge in [-0.3, -0.25) is 4.79 Å². The van der Waals surface area contributed by atoms with Crippen LogP contribution in [0.2, 0.25) is 0 Å². The number of carbonyl (C=O) groups is 2. The van der Waals surface area contributed by atoms with Crippen LogP contribution in [0.1, 0.15) is 44.4 Å². The Labute approximate surface area is 159 Å². The summed E-state index contributed by atoms with van der Waals surface area (Å²) in [7, 11) is 0. The van der Waals surface area contributed by atoms with Crippen LogP contribution in [-0.2, 0) is 16.1 Å². The first-order valence-electron chi connectivity index (χ1n) is 8.71. The minimum absolute atomic E-state index is 0.263. The lowest BCUT2D eigenvalue weighted by atomic mass is 10.0. The molecule has 6 heteroatoms. The summed E-state index contributed by atoms with van der Waals surface area (Å²) < 4.78 is 11.0. The highest BCUT2D eigenvalue weighted by Crippen LogP contribution is 2.23. The molecule has 0 heterocycles. The number of carboxylic acids is 1. The number of alkyl carbamates (subject to hydrolysis) is 1. The van der Waals surface area contributed by atoms with Gasteiger partial charge in [-0.25, -0.2) is 4.79 Å². The van der Waals surface area contributed by atoms with E-state index in [-0.39, 0.29) is 6.42 Å². The van der Waals surface area contributed by atoms with Gasteiger partial charge in [-0.15, -0.1) is 0 Å². The van der Waals surface area contributed by atoms with Gasteiger partial charge in [0.2, 0.25) is 0 Å². The van der Waals surface area contributed by atoms with Crippen molar-refractivity contribution in [2.45, 2.75) is 45.4 Å². The Bertz CT molecular complexity index is 768. The van der Waals surface area contributed by atoms with Crippen LogP contribution in [0.25, 0.3) is 0 Å². The Morgan fingerprint density at radius 1 is 1.07 bits per heavy atom. The summed E-state index contributed by atoms with van der Waals surface area (Å²) in [5.74, 6) is -0.426. The highest BCUT2D eigenvalue weighted by atomic mass is 16.6. The third kappa shape index (κ3) is 7.40. The van der Waals surface area contributed by atoms with E-state index in [0.29, 0.717) is 17.9 Å². The zero-order valence-electron chi connectivity index (χ0n) is 15.8. The molecule has 0 aromatic heterocycles. The van der Waals surface area contributed by atoms with Gasteiger partial charge in [-0.1, -0.05) is 42.5 Å². The number of benzene rings is 2. The average molecular weight is 371 g/mol. The van der Waals surface area contributed by atoms with Crippen LogP contribution in [0.15, 0.2) is 54.6 Å². The molecule has 1 amide bonds. The molecule has 0 aliphatic carbocycles. The van der Waals surface area contributed by atoms with Crippen molar-refractivity contribution < 1.29 is 24.2 Å². The number of aliphatic carboxylic acids is 1. The van der Waals surface area contributed by atoms with Crippen molar-refractivity contribution in [3.8, 4) is 5.75 Å². The number of nitrogens with one attached hydrogen (secondary N) is 1. The zero-order chi connectivity index (χ0) is 19.9. The van der Waals surface area contributed by atoms with Crippen molar-refractivity contribution >= 4 is 12.1 Å². The zero-order valence-corrected chi connectivity index (χ0v) is 15.8. The maximum Gasteiger partial charge on any atom is 0.408 e. The Morgan fingerprint density at radius 2 is 1.78 bits per heavy atom. The summed E-state index contributed by atoms with van der Waals surface area (Å²) >= 11 is 0. The maximum absolute atomic E-state index is 12.1. The van der Waals surface area contributed by atoms with Gasteiger partial charge in [-0.05, 0) is 44.0 Å². The second kappa shape index (κ2) is 9.07. The number of carboxylic acid groups (broad SMARTS) is 1. The Morgan fingerprint density at radius 3 is 2.41 bits per heavy atom. The van der Waals surface area contributed by atoms with Crippen LogP contribution in [0.4, 0.5) is 4.79 Å². The fourth-order valence-corrected chi connectivity index (χ4v) is 2.44. The summed E-state index contributed by atoms with van der Waals surface area (Å²) in [6.45, 7) is 5.64. The third-order valence-corrected chi connectivity index (χ3v) is 3.58. The van der Waals surface area contributed by atoms with E-state index in [4.69, 9.17) is 9.47 Å². The van der Waals surface area contributed by atoms with Crippen molar-refractivity contribution in [3.63, 3.8) is 0 Å². The van der Waals surface area contributed by atoms with E-state index < -0.39 is 23.7 Å². The van der Waals surface area contributed by atoms with Crippen molar-refractivity contribution in [2.75, 3.05) is 0 Å². The van der Waals surface area contributed by atoms with E-state index in [9.17, 15) is 14.7 Å². The molecule has 144 valence electrons. The van der Waals surface area contributed by atoms with E-state index in [1.807, 2.05) is 30.3 Å². The molecule has 2 aromatic carbocycles. The number of carbonyl (C=O) groups excluding carboxylic acids is 1. The standard InChI is InChI=1S/C21H25NO5/c1-21(2,3)27-20(25)22-18(13-19(23)24)16-10-7-11-17(12-16)26-14-15-8-5-4-6-9-15/h4-12,18H,13-14H2,1-3H3,(H,22,25)(H,23,24). The quantitative estimate of drug-likeness (QED) is 0.758. The largest absolute Gasteiger partial charge is 0.489 e. The van der Waals surface area contributed by atoms with Crippen molar-refractivity contribution in [2.24, 2.45) is 0 Å². The summed E-state index contributed by atoms with van der Waals surface area (Å²) in [4.78, 5) is 23.3. The first-order valence-corrected chi connectivity index (χ1v) is 8.71. The lowest BCUT2D eigenvalue weighted by molar-refractivity contribution is -0.137. The number of hydrogen-bond acceptors (Lipinski definition) is 4. The first-order chi connectivity index (χ1) is 12.7. The second-order valence-corrected chi connectivity index (χ2v) is 7.14. The summed E-state index contributed by atoms with van der Waals surface area (Å²) in [6.07, 6.45) is -0.925. The van der Waals surface area contributed by atoms with Crippen LogP contribution in [-0.4, -0.2) is 22.8 Å². The Kier molecular flexibility index (Phi) is 6.82. The molecule has 0 aliphatic rings. The van der Waals surface area contributed by atoms with Crippen LogP contribution >= 0.6 is 0 Å². The van der Waals surface area contributed by atoms with Crippen molar-refractivity contribution in [1.29, 1.82) is 0 Å². The lowest BCUT2D eigenvalue weighted by Crippen LogP contribution is -2.35. The molecule has 0 fully saturated rings. The highest BCUT2D eigenvalue weighted by Gasteiger charge is 2.22. The van der Waals surface area contributed by atoms with E-state index in [1.54, 1.807) is 45.0 Å². The van der Waals surface area contributed by atoms with Gasteiger partial charge in [0.1, 0.15) is 18.0 Å². The SMILES string of the molecule is CC(C)(C)OC(=O)NC(CC(=O)O)c1cccc(OCc2ccccc2)c1. The van der Waals surface area contributed by atoms with Gasteiger partial charge in [0, 0.05) is 0 Å². The summed E-state index contributed by atoms with van der Waals surface area (Å²) in [6, 6.07) is 16.0. The smallest absolute Gasteiger partial charge is 0.408 e. The van der Waals surface area contributed by atoms with E-state index >= 15 is 0 Å².